The van der Waals surface area contributed by atoms with Crippen LogP contribution in [0.5, 0.6) is 5.75 Å². The molecule has 1 saturated carbocycles. The zero-order chi connectivity index (χ0) is 22.9. The molecule has 0 heterocycles. The van der Waals surface area contributed by atoms with Crippen molar-refractivity contribution in [2.45, 2.75) is 72.0 Å². The summed E-state index contributed by atoms with van der Waals surface area (Å²) < 4.78 is 11.2. The van der Waals surface area contributed by atoms with Gasteiger partial charge >= 0.3 is 5.97 Å². The van der Waals surface area contributed by atoms with Gasteiger partial charge in [0, 0.05) is 0 Å². The highest BCUT2D eigenvalue weighted by Crippen LogP contribution is 2.48. The molecule has 4 rings (SSSR count). The molecule has 4 atom stereocenters. The van der Waals surface area contributed by atoms with Gasteiger partial charge in [-0.25, -0.2) is 4.79 Å². The summed E-state index contributed by atoms with van der Waals surface area (Å²) in [5, 5.41) is 9.66. The Bertz CT molecular complexity index is 846. The summed E-state index contributed by atoms with van der Waals surface area (Å²) in [5.41, 5.74) is 3.60. The van der Waals surface area contributed by atoms with Crippen LogP contribution in [0, 0.1) is 17.8 Å². The van der Waals surface area contributed by atoms with Gasteiger partial charge in [0.1, 0.15) is 12.4 Å². The van der Waals surface area contributed by atoms with E-state index in [1.54, 1.807) is 0 Å². The lowest BCUT2D eigenvalue weighted by molar-refractivity contribution is -0.147. The molecule has 2 aromatic rings. The molecule has 1 N–H and O–H groups in total. The van der Waals surface area contributed by atoms with E-state index in [-0.39, 0.29) is 25.3 Å². The molecule has 0 spiro atoms. The number of esters is 1. The highest BCUT2D eigenvalue weighted by Gasteiger charge is 2.39. The van der Waals surface area contributed by atoms with Crippen molar-refractivity contribution in [3.63, 3.8) is 0 Å². The predicted molar refractivity (Wildman–Crippen MR) is 128 cm³/mol. The first-order valence-electron chi connectivity index (χ1n) is 12.2. The number of ether oxygens (including phenoxy) is 2. The fourth-order valence-corrected chi connectivity index (χ4v) is 5.24. The molecule has 1 fully saturated rings. The normalized spacial score (nSPS) is 22.1. The van der Waals surface area contributed by atoms with Crippen LogP contribution < -0.4 is 4.74 Å². The molecule has 4 unspecified atom stereocenters. The third-order valence-corrected chi connectivity index (χ3v) is 6.81. The molecule has 4 nitrogen and oxygen atoms in total. The number of benzene rings is 2. The fourth-order valence-electron chi connectivity index (χ4n) is 5.24. The van der Waals surface area contributed by atoms with Crippen LogP contribution in [0.2, 0.25) is 0 Å². The van der Waals surface area contributed by atoms with Crippen molar-refractivity contribution in [2.24, 2.45) is 17.8 Å². The van der Waals surface area contributed by atoms with Gasteiger partial charge in [-0.05, 0) is 86.0 Å². The number of rotatable bonds is 8. The monoisotopic (exact) mass is 438 g/mol. The summed E-state index contributed by atoms with van der Waals surface area (Å²) in [7, 11) is 0. The Morgan fingerprint density at radius 1 is 1.06 bits per heavy atom. The molecular weight excluding hydrogens is 400 g/mol. The number of aliphatic hydroxyl groups excluding tert-OH is 1. The minimum absolute atomic E-state index is 0.0611. The van der Waals surface area contributed by atoms with E-state index >= 15 is 0 Å². The molecule has 2 aliphatic carbocycles. The second-order valence-corrected chi connectivity index (χ2v) is 8.92. The predicted octanol–water partition coefficient (Wildman–Crippen LogP) is 5.74. The Morgan fingerprint density at radius 3 is 2.59 bits per heavy atom. The number of hydrogen-bond acceptors (Lipinski definition) is 4. The maximum Gasteiger partial charge on any atom is 0.344 e. The summed E-state index contributed by atoms with van der Waals surface area (Å²) in [6.45, 7) is 6.10. The summed E-state index contributed by atoms with van der Waals surface area (Å²) in [6.07, 6.45) is 6.44. The van der Waals surface area contributed by atoms with Crippen LogP contribution in [0.15, 0.2) is 48.5 Å². The van der Waals surface area contributed by atoms with Crippen LogP contribution in [0.3, 0.4) is 0 Å². The molecule has 174 valence electrons. The Kier molecular flexibility index (Phi) is 9.16. The minimum atomic E-state index is -0.343. The molecule has 0 aliphatic heterocycles. The van der Waals surface area contributed by atoms with Crippen molar-refractivity contribution in [1.82, 2.24) is 0 Å². The van der Waals surface area contributed by atoms with Crippen molar-refractivity contribution in [2.75, 3.05) is 6.61 Å². The number of carbonyl (C=O) groups is 1. The van der Waals surface area contributed by atoms with Gasteiger partial charge in [-0.3, -0.25) is 0 Å². The zero-order valence-electron chi connectivity index (χ0n) is 19.8. The quantitative estimate of drug-likeness (QED) is 0.534. The molecule has 0 radical (unpaired) electrons. The topological polar surface area (TPSA) is 55.8 Å². The average Bonchev–Trinajstić information content (AvgIpc) is 3.22. The lowest BCUT2D eigenvalue weighted by Crippen LogP contribution is -2.26. The lowest BCUT2D eigenvalue weighted by Gasteiger charge is -2.32. The molecule has 32 heavy (non-hydrogen) atoms. The van der Waals surface area contributed by atoms with Crippen LogP contribution in [-0.4, -0.2) is 23.8 Å². The van der Waals surface area contributed by atoms with Crippen LogP contribution in [0.1, 0.15) is 63.1 Å². The van der Waals surface area contributed by atoms with E-state index in [0.717, 1.165) is 42.9 Å². The van der Waals surface area contributed by atoms with Gasteiger partial charge in [0.05, 0.1) is 6.10 Å². The summed E-state index contributed by atoms with van der Waals surface area (Å²) >= 11 is 0. The van der Waals surface area contributed by atoms with Crippen LogP contribution in [-0.2, 0) is 29.0 Å². The van der Waals surface area contributed by atoms with Gasteiger partial charge in [0.2, 0.25) is 0 Å². The van der Waals surface area contributed by atoms with Gasteiger partial charge in [0.25, 0.3) is 0 Å². The maximum absolute atomic E-state index is 12.1. The molecular formula is C28H38O4. The highest BCUT2D eigenvalue weighted by atomic mass is 16.6. The molecule has 0 amide bonds. The van der Waals surface area contributed by atoms with Crippen LogP contribution >= 0.6 is 0 Å². The third-order valence-electron chi connectivity index (χ3n) is 6.81. The summed E-state index contributed by atoms with van der Waals surface area (Å²) in [4.78, 5) is 12.1. The molecule has 0 bridgehead atoms. The average molecular weight is 439 g/mol. The van der Waals surface area contributed by atoms with E-state index in [0.29, 0.717) is 11.8 Å². The largest absolute Gasteiger partial charge is 0.482 e. The highest BCUT2D eigenvalue weighted by molar-refractivity contribution is 5.71. The zero-order valence-corrected chi connectivity index (χ0v) is 19.8. The number of fused-ring (bicyclic) bond motifs is 2. The molecule has 2 aromatic carbocycles. The minimum Gasteiger partial charge on any atom is -0.482 e. The van der Waals surface area contributed by atoms with Gasteiger partial charge < -0.3 is 14.6 Å². The number of carbonyl (C=O) groups excluding carboxylic acids is 1. The lowest BCUT2D eigenvalue weighted by atomic mass is 9.73. The molecule has 0 aromatic heterocycles. The first-order valence-corrected chi connectivity index (χ1v) is 12.2. The molecule has 0 saturated heterocycles. The summed E-state index contributed by atoms with van der Waals surface area (Å²) in [5.74, 6) is 2.60. The number of hydrogen-bond donors (Lipinski definition) is 1. The Hall–Kier alpha value is -2.33. The molecule has 4 heteroatoms. The standard InChI is InChI=1S/C26H32O4.C2H6/c1-18(27)10-11-20-12-13-22-15-24-21(14-23(20)22)8-5-9-25(24)29-17-26(28)30-16-19-6-3-2-4-7-19;1-2/h2-9,18,20,22-23,27H,10-17H2,1H3;1-2H3. The second kappa shape index (κ2) is 12.1. The van der Waals surface area contributed by atoms with Crippen LogP contribution in [0.25, 0.3) is 0 Å². The summed E-state index contributed by atoms with van der Waals surface area (Å²) in [6, 6.07) is 15.9. The van der Waals surface area contributed by atoms with E-state index in [4.69, 9.17) is 9.47 Å². The number of aliphatic hydroxyl groups is 1. The van der Waals surface area contributed by atoms with Crippen molar-refractivity contribution >= 4 is 5.97 Å². The first kappa shape index (κ1) is 24.3. The van der Waals surface area contributed by atoms with E-state index in [1.807, 2.05) is 63.2 Å². The van der Waals surface area contributed by atoms with Crippen molar-refractivity contribution < 1.29 is 19.4 Å². The Balaban J connectivity index is 0.00000141. The van der Waals surface area contributed by atoms with E-state index in [9.17, 15) is 9.90 Å². The van der Waals surface area contributed by atoms with Gasteiger partial charge in [-0.2, -0.15) is 0 Å². The van der Waals surface area contributed by atoms with Crippen LogP contribution in [0.4, 0.5) is 0 Å². The van der Waals surface area contributed by atoms with E-state index < -0.39 is 0 Å². The van der Waals surface area contributed by atoms with Crippen molar-refractivity contribution in [1.29, 1.82) is 0 Å². The molecule has 2 aliphatic rings. The third kappa shape index (κ3) is 6.35. The van der Waals surface area contributed by atoms with E-state index in [2.05, 4.69) is 6.07 Å². The van der Waals surface area contributed by atoms with Gasteiger partial charge in [-0.1, -0.05) is 56.3 Å². The van der Waals surface area contributed by atoms with Crippen molar-refractivity contribution in [3.05, 3.63) is 65.2 Å². The Labute approximate surface area is 193 Å². The van der Waals surface area contributed by atoms with E-state index in [1.165, 1.54) is 24.0 Å². The maximum atomic E-state index is 12.1. The Morgan fingerprint density at radius 2 is 1.84 bits per heavy atom. The smallest absolute Gasteiger partial charge is 0.344 e. The van der Waals surface area contributed by atoms with Gasteiger partial charge in [0.15, 0.2) is 6.61 Å². The second-order valence-electron chi connectivity index (χ2n) is 8.92. The van der Waals surface area contributed by atoms with Gasteiger partial charge in [-0.15, -0.1) is 0 Å². The fraction of sp³-hybridized carbons (Fsp3) is 0.536. The first-order chi connectivity index (χ1) is 15.6. The SMILES string of the molecule is CC.CC(O)CCC1CCC2Cc3c(cccc3OCC(=O)OCc3ccccc3)CC12. The van der Waals surface area contributed by atoms with Crippen molar-refractivity contribution in [3.8, 4) is 5.75 Å².